The van der Waals surface area contributed by atoms with Gasteiger partial charge in [0.15, 0.2) is 15.8 Å². The molecule has 1 amide bonds. The summed E-state index contributed by atoms with van der Waals surface area (Å²) in [6.07, 6.45) is 1.68. The number of anilines is 1. The SMILES string of the molecule is COc1cc(/C=C2\SC(=S)N(c3ccccc3)C2=O)cc(Cl)c1O. The van der Waals surface area contributed by atoms with Crippen molar-refractivity contribution < 1.29 is 14.6 Å². The predicted octanol–water partition coefficient (Wildman–Crippen LogP) is 4.46. The van der Waals surface area contributed by atoms with Crippen molar-refractivity contribution in [1.82, 2.24) is 0 Å². The minimum absolute atomic E-state index is 0.131. The van der Waals surface area contributed by atoms with Gasteiger partial charge >= 0.3 is 0 Å². The average Bonchev–Trinajstić information content (AvgIpc) is 2.85. The van der Waals surface area contributed by atoms with Crippen LogP contribution in [-0.2, 0) is 4.79 Å². The Bertz CT molecular complexity index is 852. The zero-order valence-corrected chi connectivity index (χ0v) is 14.9. The highest BCUT2D eigenvalue weighted by molar-refractivity contribution is 8.27. The van der Waals surface area contributed by atoms with Gasteiger partial charge in [0, 0.05) is 0 Å². The summed E-state index contributed by atoms with van der Waals surface area (Å²) in [6, 6.07) is 12.4. The van der Waals surface area contributed by atoms with Crippen molar-refractivity contribution in [3.63, 3.8) is 0 Å². The summed E-state index contributed by atoms with van der Waals surface area (Å²) in [5, 5.41) is 9.94. The molecule has 7 heteroatoms. The number of para-hydroxylation sites is 1. The zero-order chi connectivity index (χ0) is 17.3. The number of benzene rings is 2. The number of thiocarbonyl (C=S) groups is 1. The number of amides is 1. The van der Waals surface area contributed by atoms with Crippen LogP contribution >= 0.6 is 35.6 Å². The van der Waals surface area contributed by atoms with Gasteiger partial charge in [0.2, 0.25) is 0 Å². The van der Waals surface area contributed by atoms with Crippen molar-refractivity contribution in [3.05, 3.63) is 58.0 Å². The van der Waals surface area contributed by atoms with Crippen LogP contribution in [0.2, 0.25) is 5.02 Å². The zero-order valence-electron chi connectivity index (χ0n) is 12.5. The summed E-state index contributed by atoms with van der Waals surface area (Å²) in [5.41, 5.74) is 1.37. The van der Waals surface area contributed by atoms with Crippen LogP contribution in [0, 0.1) is 0 Å². The molecule has 1 aliphatic rings. The monoisotopic (exact) mass is 377 g/mol. The van der Waals surface area contributed by atoms with Gasteiger partial charge in [-0.05, 0) is 35.9 Å². The molecule has 3 rings (SSSR count). The number of nitrogens with zero attached hydrogens (tertiary/aromatic N) is 1. The maximum absolute atomic E-state index is 12.7. The number of phenols is 1. The first-order chi connectivity index (χ1) is 11.5. The van der Waals surface area contributed by atoms with Crippen molar-refractivity contribution in [2.45, 2.75) is 0 Å². The smallest absolute Gasteiger partial charge is 0.270 e. The Kier molecular flexibility index (Phi) is 4.80. The van der Waals surface area contributed by atoms with E-state index < -0.39 is 0 Å². The molecule has 0 aromatic heterocycles. The largest absolute Gasteiger partial charge is 0.503 e. The van der Waals surface area contributed by atoms with Crippen LogP contribution in [0.4, 0.5) is 5.69 Å². The van der Waals surface area contributed by atoms with E-state index in [2.05, 4.69) is 0 Å². The van der Waals surface area contributed by atoms with Crippen molar-refractivity contribution >= 4 is 57.6 Å². The van der Waals surface area contributed by atoms with Gasteiger partial charge in [-0.3, -0.25) is 9.69 Å². The van der Waals surface area contributed by atoms with Gasteiger partial charge in [-0.2, -0.15) is 0 Å². The number of hydrogen-bond acceptors (Lipinski definition) is 5. The van der Waals surface area contributed by atoms with Crippen molar-refractivity contribution in [3.8, 4) is 11.5 Å². The van der Waals surface area contributed by atoms with E-state index >= 15 is 0 Å². The first-order valence-corrected chi connectivity index (χ1v) is 8.51. The fourth-order valence-corrected chi connectivity index (χ4v) is 3.77. The highest BCUT2D eigenvalue weighted by Crippen LogP contribution is 2.39. The molecule has 0 atom stereocenters. The van der Waals surface area contributed by atoms with Crippen LogP contribution in [0.25, 0.3) is 6.08 Å². The third-order valence-electron chi connectivity index (χ3n) is 3.38. The van der Waals surface area contributed by atoms with E-state index in [0.29, 0.717) is 14.8 Å². The molecule has 0 aliphatic carbocycles. The van der Waals surface area contributed by atoms with E-state index in [4.69, 9.17) is 28.6 Å². The molecule has 24 heavy (non-hydrogen) atoms. The lowest BCUT2D eigenvalue weighted by atomic mass is 10.1. The molecule has 4 nitrogen and oxygen atoms in total. The van der Waals surface area contributed by atoms with Crippen LogP contribution in [0.5, 0.6) is 11.5 Å². The van der Waals surface area contributed by atoms with Gasteiger partial charge < -0.3 is 9.84 Å². The van der Waals surface area contributed by atoms with Gasteiger partial charge in [-0.1, -0.05) is 53.8 Å². The van der Waals surface area contributed by atoms with Crippen LogP contribution < -0.4 is 9.64 Å². The number of methoxy groups -OCH3 is 1. The van der Waals surface area contributed by atoms with E-state index in [1.807, 2.05) is 30.3 Å². The lowest BCUT2D eigenvalue weighted by Crippen LogP contribution is -2.27. The molecule has 1 aliphatic heterocycles. The molecule has 1 fully saturated rings. The van der Waals surface area contributed by atoms with Crippen molar-refractivity contribution in [1.29, 1.82) is 0 Å². The highest BCUT2D eigenvalue weighted by atomic mass is 35.5. The van der Waals surface area contributed by atoms with Crippen molar-refractivity contribution in [2.24, 2.45) is 0 Å². The molecule has 0 saturated carbocycles. The molecule has 1 saturated heterocycles. The summed E-state index contributed by atoms with van der Waals surface area (Å²) < 4.78 is 5.54. The Balaban J connectivity index is 1.97. The maximum Gasteiger partial charge on any atom is 0.270 e. The molecule has 122 valence electrons. The molecule has 1 heterocycles. The maximum atomic E-state index is 12.7. The normalized spacial score (nSPS) is 16.1. The molecular weight excluding hydrogens is 366 g/mol. The standard InChI is InChI=1S/C17H12ClNO3S2/c1-22-13-8-10(7-12(18)15(13)20)9-14-16(21)19(17(23)24-14)11-5-3-2-4-6-11/h2-9,20H,1H3/b14-9-. The minimum Gasteiger partial charge on any atom is -0.503 e. The van der Waals surface area contributed by atoms with E-state index in [-0.39, 0.29) is 22.4 Å². The fourth-order valence-electron chi connectivity index (χ4n) is 2.25. The molecule has 0 bridgehead atoms. The molecule has 2 aromatic carbocycles. The Labute approximate surface area is 153 Å². The second-order valence-corrected chi connectivity index (χ2v) is 6.99. The fraction of sp³-hybridized carbons (Fsp3) is 0.0588. The van der Waals surface area contributed by atoms with E-state index in [0.717, 1.165) is 5.69 Å². The number of rotatable bonds is 3. The summed E-state index contributed by atoms with van der Waals surface area (Å²) >= 11 is 12.5. The summed E-state index contributed by atoms with van der Waals surface area (Å²) in [5.74, 6) is -0.0835. The summed E-state index contributed by atoms with van der Waals surface area (Å²) in [6.45, 7) is 0. The van der Waals surface area contributed by atoms with Gasteiger partial charge in [0.05, 0.1) is 22.7 Å². The summed E-state index contributed by atoms with van der Waals surface area (Å²) in [7, 11) is 1.43. The molecule has 0 radical (unpaired) electrons. The Hall–Kier alpha value is -2.02. The average molecular weight is 378 g/mol. The van der Waals surface area contributed by atoms with Crippen molar-refractivity contribution in [2.75, 3.05) is 12.0 Å². The van der Waals surface area contributed by atoms with Gasteiger partial charge in [-0.25, -0.2) is 0 Å². The number of phenolic OH excluding ortho intramolecular Hbond substituents is 1. The molecule has 0 spiro atoms. The number of halogens is 1. The van der Waals surface area contributed by atoms with Crippen LogP contribution in [0.3, 0.4) is 0 Å². The molecule has 2 aromatic rings. The van der Waals surface area contributed by atoms with Gasteiger partial charge in [0.25, 0.3) is 5.91 Å². The summed E-state index contributed by atoms with van der Waals surface area (Å²) in [4.78, 5) is 14.6. The lowest BCUT2D eigenvalue weighted by Gasteiger charge is -2.13. The quantitative estimate of drug-likeness (QED) is 0.632. The highest BCUT2D eigenvalue weighted by Gasteiger charge is 2.33. The minimum atomic E-state index is -0.195. The second kappa shape index (κ2) is 6.84. The second-order valence-electron chi connectivity index (χ2n) is 4.91. The van der Waals surface area contributed by atoms with Crippen LogP contribution in [0.1, 0.15) is 5.56 Å². The number of hydrogen-bond donors (Lipinski definition) is 1. The van der Waals surface area contributed by atoms with Gasteiger partial charge in [0.1, 0.15) is 0 Å². The van der Waals surface area contributed by atoms with E-state index in [1.165, 1.54) is 23.8 Å². The van der Waals surface area contributed by atoms with E-state index in [9.17, 15) is 9.90 Å². The molecular formula is C17H12ClNO3S2. The van der Waals surface area contributed by atoms with Crippen LogP contribution in [-0.4, -0.2) is 22.4 Å². The number of thioether (sulfide) groups is 1. The number of ether oxygens (including phenoxy) is 1. The number of carbonyl (C=O) groups is 1. The number of aromatic hydroxyl groups is 1. The molecule has 0 unspecified atom stereocenters. The Morgan fingerprint density at radius 3 is 2.67 bits per heavy atom. The lowest BCUT2D eigenvalue weighted by molar-refractivity contribution is -0.113. The van der Waals surface area contributed by atoms with Gasteiger partial charge in [-0.15, -0.1) is 0 Å². The number of carbonyl (C=O) groups excluding carboxylic acids is 1. The van der Waals surface area contributed by atoms with E-state index in [1.54, 1.807) is 18.2 Å². The molecule has 1 N–H and O–H groups in total. The van der Waals surface area contributed by atoms with Crippen LogP contribution in [0.15, 0.2) is 47.4 Å². The Morgan fingerprint density at radius 1 is 1.29 bits per heavy atom. The predicted molar refractivity (Wildman–Crippen MR) is 102 cm³/mol. The Morgan fingerprint density at radius 2 is 2.00 bits per heavy atom. The first-order valence-electron chi connectivity index (χ1n) is 6.91. The topological polar surface area (TPSA) is 49.8 Å². The third-order valence-corrected chi connectivity index (χ3v) is 4.97. The third kappa shape index (κ3) is 3.13. The first kappa shape index (κ1) is 16.8.